The van der Waals surface area contributed by atoms with Gasteiger partial charge in [0.2, 0.25) is 0 Å². The fourth-order valence-corrected chi connectivity index (χ4v) is 2.87. The Morgan fingerprint density at radius 1 is 1.34 bits per heavy atom. The monoisotopic (exact) mass is 396 g/mol. The molecule has 0 aromatic heterocycles. The fourth-order valence-electron chi connectivity index (χ4n) is 2.87. The average Bonchev–Trinajstić information content (AvgIpc) is 3.02. The summed E-state index contributed by atoms with van der Waals surface area (Å²) in [5.41, 5.74) is 7.76. The van der Waals surface area contributed by atoms with Gasteiger partial charge in [0.25, 0.3) is 11.8 Å². The first-order valence-electron chi connectivity index (χ1n) is 8.88. The van der Waals surface area contributed by atoms with Crippen LogP contribution in [0.4, 0.5) is 0 Å². The number of hydrogen-bond donors (Lipinski definition) is 2. The standard InChI is InChI=1S/C21H24N4O4/c1-12(2)23-18(9-10-22)15-7-6-8-16-17(15)11-25(20(16)27)14(4)19(26)24-13(3)21(28)29-5/h6-10,12H,3-4,11,22H2,1-2,5H3,(H,24,26)/b10-9-,23-18?. The Morgan fingerprint density at radius 2 is 2.03 bits per heavy atom. The molecule has 152 valence electrons. The molecule has 0 saturated carbocycles. The lowest BCUT2D eigenvalue weighted by Gasteiger charge is -2.18. The number of carbonyl (C=O) groups excluding carboxylic acids is 3. The van der Waals surface area contributed by atoms with E-state index in [1.807, 2.05) is 19.9 Å². The number of rotatable bonds is 7. The van der Waals surface area contributed by atoms with Crippen molar-refractivity contribution < 1.29 is 19.1 Å². The number of benzene rings is 1. The van der Waals surface area contributed by atoms with Crippen LogP contribution in [0.25, 0.3) is 0 Å². The number of nitrogens with two attached hydrogens (primary N) is 1. The van der Waals surface area contributed by atoms with Gasteiger partial charge in [0.15, 0.2) is 0 Å². The van der Waals surface area contributed by atoms with Crippen molar-refractivity contribution >= 4 is 23.5 Å². The number of ether oxygens (including phenoxy) is 1. The molecule has 3 N–H and O–H groups in total. The van der Waals surface area contributed by atoms with Crippen molar-refractivity contribution in [3.63, 3.8) is 0 Å². The van der Waals surface area contributed by atoms with Gasteiger partial charge >= 0.3 is 5.97 Å². The maximum atomic E-state index is 12.9. The zero-order chi connectivity index (χ0) is 21.7. The van der Waals surface area contributed by atoms with Crippen molar-refractivity contribution in [1.29, 1.82) is 0 Å². The van der Waals surface area contributed by atoms with Crippen LogP contribution in [0.15, 0.2) is 60.0 Å². The lowest BCUT2D eigenvalue weighted by atomic mass is 9.99. The molecule has 1 aromatic rings. The van der Waals surface area contributed by atoms with Gasteiger partial charge in [0.1, 0.15) is 11.4 Å². The Morgan fingerprint density at radius 3 is 2.62 bits per heavy atom. The lowest BCUT2D eigenvalue weighted by Crippen LogP contribution is -2.36. The molecular weight excluding hydrogens is 372 g/mol. The van der Waals surface area contributed by atoms with Gasteiger partial charge in [-0.2, -0.15) is 0 Å². The van der Waals surface area contributed by atoms with E-state index in [0.717, 1.165) is 11.1 Å². The number of nitrogens with zero attached hydrogens (tertiary/aromatic N) is 2. The highest BCUT2D eigenvalue weighted by atomic mass is 16.5. The van der Waals surface area contributed by atoms with Crippen LogP contribution in [-0.4, -0.2) is 41.5 Å². The molecule has 8 heteroatoms. The molecule has 8 nitrogen and oxygen atoms in total. The first-order valence-corrected chi connectivity index (χ1v) is 8.88. The van der Waals surface area contributed by atoms with Gasteiger partial charge in [-0.3, -0.25) is 19.5 Å². The molecule has 0 fully saturated rings. The first kappa shape index (κ1) is 21.6. The zero-order valence-corrected chi connectivity index (χ0v) is 16.7. The molecular formula is C21H24N4O4. The van der Waals surface area contributed by atoms with E-state index >= 15 is 0 Å². The normalized spacial score (nSPS) is 13.6. The summed E-state index contributed by atoms with van der Waals surface area (Å²) >= 11 is 0. The van der Waals surface area contributed by atoms with Crippen LogP contribution in [0.5, 0.6) is 0 Å². The van der Waals surface area contributed by atoms with Crippen molar-refractivity contribution in [1.82, 2.24) is 10.2 Å². The molecule has 0 unspecified atom stereocenters. The highest BCUT2D eigenvalue weighted by Crippen LogP contribution is 2.29. The molecule has 2 rings (SSSR count). The minimum Gasteiger partial charge on any atom is -0.464 e. The second-order valence-corrected chi connectivity index (χ2v) is 6.56. The first-order chi connectivity index (χ1) is 13.7. The summed E-state index contributed by atoms with van der Waals surface area (Å²) in [7, 11) is 1.17. The Bertz CT molecular complexity index is 944. The minimum absolute atomic E-state index is 0.0235. The molecule has 1 aliphatic rings. The second-order valence-electron chi connectivity index (χ2n) is 6.56. The van der Waals surface area contributed by atoms with Crippen molar-refractivity contribution in [2.75, 3.05) is 7.11 Å². The summed E-state index contributed by atoms with van der Waals surface area (Å²) in [5, 5.41) is 2.29. The summed E-state index contributed by atoms with van der Waals surface area (Å²) in [4.78, 5) is 42.5. The number of methoxy groups -OCH3 is 1. The zero-order valence-electron chi connectivity index (χ0n) is 16.7. The van der Waals surface area contributed by atoms with Gasteiger partial charge in [-0.1, -0.05) is 25.3 Å². The SMILES string of the molecule is C=C(NC(=O)C(=C)N1Cc2c(cccc2C(/C=C\N)=NC(C)C)C1=O)C(=O)OC. The van der Waals surface area contributed by atoms with Crippen LogP contribution in [0.1, 0.15) is 35.3 Å². The van der Waals surface area contributed by atoms with Crippen molar-refractivity contribution in [2.45, 2.75) is 26.4 Å². The summed E-state index contributed by atoms with van der Waals surface area (Å²) in [6, 6.07) is 5.30. The van der Waals surface area contributed by atoms with Crippen LogP contribution in [0, 0.1) is 0 Å². The predicted octanol–water partition coefficient (Wildman–Crippen LogP) is 1.63. The molecule has 0 atom stereocenters. The Balaban J connectivity index is 2.33. The second kappa shape index (κ2) is 9.01. The Labute approximate surface area is 169 Å². The third-order valence-electron chi connectivity index (χ3n) is 4.18. The van der Waals surface area contributed by atoms with E-state index < -0.39 is 11.9 Å². The molecule has 29 heavy (non-hydrogen) atoms. The number of nitrogens with one attached hydrogen (secondary N) is 1. The van der Waals surface area contributed by atoms with Crippen LogP contribution in [0.2, 0.25) is 0 Å². The lowest BCUT2D eigenvalue weighted by molar-refractivity contribution is -0.137. The number of hydrogen-bond acceptors (Lipinski definition) is 6. The minimum atomic E-state index is -0.785. The van der Waals surface area contributed by atoms with Crippen LogP contribution in [0.3, 0.4) is 0 Å². The smallest absolute Gasteiger partial charge is 0.353 e. The number of aliphatic imine (C=N–C) groups is 1. The van der Waals surface area contributed by atoms with Crippen molar-refractivity contribution in [3.8, 4) is 0 Å². The largest absolute Gasteiger partial charge is 0.464 e. The average molecular weight is 396 g/mol. The van der Waals surface area contributed by atoms with Crippen LogP contribution in [-0.2, 0) is 20.9 Å². The van der Waals surface area contributed by atoms with E-state index in [2.05, 4.69) is 28.2 Å². The predicted molar refractivity (Wildman–Crippen MR) is 110 cm³/mol. The van der Waals surface area contributed by atoms with E-state index in [9.17, 15) is 14.4 Å². The topological polar surface area (TPSA) is 114 Å². The molecule has 0 radical (unpaired) electrons. The fraction of sp³-hybridized carbons (Fsp3) is 0.238. The molecule has 2 amide bonds. The molecule has 0 bridgehead atoms. The molecule has 1 aromatic carbocycles. The van der Waals surface area contributed by atoms with Gasteiger partial charge in [-0.05, 0) is 37.8 Å². The van der Waals surface area contributed by atoms with Crippen molar-refractivity contribution in [2.24, 2.45) is 10.7 Å². The maximum absolute atomic E-state index is 12.9. The highest BCUT2D eigenvalue weighted by Gasteiger charge is 2.34. The number of amides is 2. The quantitative estimate of drug-likeness (QED) is 0.413. The highest BCUT2D eigenvalue weighted by molar-refractivity contribution is 6.13. The number of allylic oxidation sites excluding steroid dienone is 1. The summed E-state index contributed by atoms with van der Waals surface area (Å²) in [5.74, 6) is -1.88. The summed E-state index contributed by atoms with van der Waals surface area (Å²) in [6.45, 7) is 11.1. The number of esters is 1. The molecule has 1 aliphatic heterocycles. The Kier molecular flexibility index (Phi) is 6.71. The van der Waals surface area contributed by atoms with Gasteiger partial charge in [0, 0.05) is 17.2 Å². The van der Waals surface area contributed by atoms with Gasteiger partial charge in [-0.15, -0.1) is 0 Å². The third-order valence-corrected chi connectivity index (χ3v) is 4.18. The van der Waals surface area contributed by atoms with Gasteiger partial charge < -0.3 is 15.8 Å². The third kappa shape index (κ3) is 4.60. The molecule has 0 aliphatic carbocycles. The maximum Gasteiger partial charge on any atom is 0.353 e. The number of carbonyl (C=O) groups is 3. The van der Waals surface area contributed by atoms with E-state index in [-0.39, 0.29) is 29.9 Å². The van der Waals surface area contributed by atoms with Gasteiger partial charge in [-0.25, -0.2) is 4.79 Å². The Hall–Kier alpha value is -3.68. The van der Waals surface area contributed by atoms with E-state index in [1.165, 1.54) is 18.2 Å². The molecule has 0 spiro atoms. The molecule has 0 saturated heterocycles. The van der Waals surface area contributed by atoms with E-state index in [4.69, 9.17) is 5.73 Å². The summed E-state index contributed by atoms with van der Waals surface area (Å²) in [6.07, 6.45) is 3.06. The van der Waals surface area contributed by atoms with Crippen LogP contribution < -0.4 is 11.1 Å². The summed E-state index contributed by atoms with van der Waals surface area (Å²) < 4.78 is 4.49. The van der Waals surface area contributed by atoms with Crippen LogP contribution >= 0.6 is 0 Å². The number of fused-ring (bicyclic) bond motifs is 1. The van der Waals surface area contributed by atoms with E-state index in [0.29, 0.717) is 11.3 Å². The van der Waals surface area contributed by atoms with Crippen molar-refractivity contribution in [3.05, 3.63) is 71.7 Å². The van der Waals surface area contributed by atoms with Gasteiger partial charge in [0.05, 0.1) is 19.4 Å². The van der Waals surface area contributed by atoms with E-state index in [1.54, 1.807) is 18.2 Å². The molecule has 1 heterocycles.